The molecule has 1 amide bonds. The molecule has 124 valence electrons. The maximum atomic E-state index is 13.8. The molecule has 0 spiro atoms. The third-order valence-corrected chi connectivity index (χ3v) is 5.14. The fourth-order valence-corrected chi connectivity index (χ4v) is 3.94. The van der Waals surface area contributed by atoms with Crippen LogP contribution in [-0.2, 0) is 10.2 Å². The molecule has 3 aromatic carbocycles. The molecule has 1 aliphatic rings. The molecule has 0 bridgehead atoms. The van der Waals surface area contributed by atoms with Crippen LogP contribution in [0.25, 0.3) is 0 Å². The molecule has 2 heteroatoms. The Morgan fingerprint density at radius 3 is 1.68 bits per heavy atom. The van der Waals surface area contributed by atoms with Gasteiger partial charge in [-0.2, -0.15) is 0 Å². The number of hydrogen-bond donors (Lipinski definition) is 0. The summed E-state index contributed by atoms with van der Waals surface area (Å²) in [7, 11) is 0. The van der Waals surface area contributed by atoms with Crippen molar-refractivity contribution in [2.45, 2.75) is 18.3 Å². The number of hydrogen-bond acceptors (Lipinski definition) is 1. The summed E-state index contributed by atoms with van der Waals surface area (Å²) in [5.74, 6) is 0.169. The van der Waals surface area contributed by atoms with Gasteiger partial charge in [0.05, 0.1) is 5.41 Å². The smallest absolute Gasteiger partial charge is 0.242 e. The van der Waals surface area contributed by atoms with E-state index in [1.165, 1.54) is 0 Å². The van der Waals surface area contributed by atoms with Crippen LogP contribution in [0.4, 0.5) is 5.69 Å². The van der Waals surface area contributed by atoms with Gasteiger partial charge < -0.3 is 4.90 Å². The summed E-state index contributed by atoms with van der Waals surface area (Å²) in [6.07, 6.45) is 1.81. The van der Waals surface area contributed by atoms with Crippen molar-refractivity contribution in [2.24, 2.45) is 0 Å². The fraction of sp³-hybridized carbons (Fsp3) is 0.174. The molecule has 2 nitrogen and oxygen atoms in total. The largest absolute Gasteiger partial charge is 0.311 e. The molecule has 0 radical (unpaired) electrons. The van der Waals surface area contributed by atoms with Gasteiger partial charge in [-0.1, -0.05) is 78.9 Å². The lowest BCUT2D eigenvalue weighted by atomic mass is 9.68. The average molecular weight is 327 g/mol. The first-order valence-electron chi connectivity index (χ1n) is 8.80. The number of amides is 1. The van der Waals surface area contributed by atoms with Crippen LogP contribution in [0.2, 0.25) is 0 Å². The van der Waals surface area contributed by atoms with E-state index in [1.807, 2.05) is 71.6 Å². The van der Waals surface area contributed by atoms with Gasteiger partial charge in [-0.25, -0.2) is 0 Å². The lowest BCUT2D eigenvalue weighted by Crippen LogP contribution is -2.52. The normalized spacial score (nSPS) is 16.6. The number of carbonyl (C=O) groups is 1. The molecule has 0 unspecified atom stereocenters. The van der Waals surface area contributed by atoms with Gasteiger partial charge >= 0.3 is 0 Å². The highest BCUT2D eigenvalue weighted by Crippen LogP contribution is 2.42. The number of piperidine rings is 1. The van der Waals surface area contributed by atoms with E-state index in [0.717, 1.165) is 36.2 Å². The van der Waals surface area contributed by atoms with Crippen molar-refractivity contribution in [1.82, 2.24) is 0 Å². The van der Waals surface area contributed by atoms with Gasteiger partial charge in [-0.3, -0.25) is 4.79 Å². The van der Waals surface area contributed by atoms with E-state index < -0.39 is 5.41 Å². The van der Waals surface area contributed by atoms with Gasteiger partial charge in [-0.15, -0.1) is 0 Å². The highest BCUT2D eigenvalue weighted by Gasteiger charge is 2.46. The zero-order valence-corrected chi connectivity index (χ0v) is 14.1. The van der Waals surface area contributed by atoms with Gasteiger partial charge in [0.15, 0.2) is 0 Å². The van der Waals surface area contributed by atoms with E-state index in [9.17, 15) is 4.79 Å². The summed E-state index contributed by atoms with van der Waals surface area (Å²) in [4.78, 5) is 15.7. The van der Waals surface area contributed by atoms with E-state index >= 15 is 0 Å². The lowest BCUT2D eigenvalue weighted by molar-refractivity contribution is -0.124. The minimum Gasteiger partial charge on any atom is -0.311 e. The predicted molar refractivity (Wildman–Crippen MR) is 102 cm³/mol. The first-order valence-corrected chi connectivity index (χ1v) is 8.80. The van der Waals surface area contributed by atoms with Gasteiger partial charge in [0.2, 0.25) is 5.91 Å². The Hall–Kier alpha value is -2.87. The summed E-state index contributed by atoms with van der Waals surface area (Å²) in [6, 6.07) is 30.4. The minimum absolute atomic E-state index is 0.169. The highest BCUT2D eigenvalue weighted by atomic mass is 16.2. The molecule has 3 aromatic rings. The van der Waals surface area contributed by atoms with Crippen LogP contribution in [0.1, 0.15) is 24.0 Å². The summed E-state index contributed by atoms with van der Waals surface area (Å²) in [5.41, 5.74) is 2.51. The molecule has 0 atom stereocenters. The van der Waals surface area contributed by atoms with Crippen LogP contribution >= 0.6 is 0 Å². The SMILES string of the molecule is O=C1N(c2ccccc2)CCCC1(c1ccccc1)c1ccccc1. The molecule has 1 saturated heterocycles. The molecule has 0 aliphatic carbocycles. The first-order chi connectivity index (χ1) is 12.3. The predicted octanol–water partition coefficient (Wildman–Crippen LogP) is 4.80. The third-order valence-electron chi connectivity index (χ3n) is 5.14. The van der Waals surface area contributed by atoms with Crippen molar-refractivity contribution >= 4 is 11.6 Å². The van der Waals surface area contributed by atoms with E-state index in [4.69, 9.17) is 0 Å². The molecule has 4 rings (SSSR count). The van der Waals surface area contributed by atoms with Gasteiger partial charge in [0, 0.05) is 12.2 Å². The van der Waals surface area contributed by atoms with Gasteiger partial charge in [-0.05, 0) is 36.1 Å². The highest BCUT2D eigenvalue weighted by molar-refractivity contribution is 6.04. The molecule has 1 fully saturated rings. The number of nitrogens with zero attached hydrogens (tertiary/aromatic N) is 1. The molecular weight excluding hydrogens is 306 g/mol. The maximum Gasteiger partial charge on any atom is 0.242 e. The third kappa shape index (κ3) is 2.64. The second-order valence-electron chi connectivity index (χ2n) is 6.53. The van der Waals surface area contributed by atoms with Crippen LogP contribution in [0, 0.1) is 0 Å². The molecular formula is C23H21NO. The fourth-order valence-electron chi connectivity index (χ4n) is 3.94. The first kappa shape index (κ1) is 15.6. The van der Waals surface area contributed by atoms with E-state index in [0.29, 0.717) is 0 Å². The Morgan fingerprint density at radius 2 is 1.16 bits per heavy atom. The minimum atomic E-state index is -0.614. The lowest BCUT2D eigenvalue weighted by Gasteiger charge is -2.42. The molecule has 25 heavy (non-hydrogen) atoms. The van der Waals surface area contributed by atoms with Gasteiger partial charge in [0.25, 0.3) is 0 Å². The van der Waals surface area contributed by atoms with E-state index in [-0.39, 0.29) is 5.91 Å². The molecule has 0 aromatic heterocycles. The van der Waals surface area contributed by atoms with Crippen LogP contribution in [-0.4, -0.2) is 12.5 Å². The second-order valence-corrected chi connectivity index (χ2v) is 6.53. The summed E-state index contributed by atoms with van der Waals surface area (Å²) in [5, 5.41) is 0. The topological polar surface area (TPSA) is 20.3 Å². The summed E-state index contributed by atoms with van der Waals surface area (Å²) < 4.78 is 0. The van der Waals surface area contributed by atoms with Crippen molar-refractivity contribution in [3.63, 3.8) is 0 Å². The van der Waals surface area contributed by atoms with Crippen molar-refractivity contribution in [1.29, 1.82) is 0 Å². The summed E-state index contributed by atoms with van der Waals surface area (Å²) in [6.45, 7) is 0.768. The Bertz CT molecular complexity index is 804. The monoisotopic (exact) mass is 327 g/mol. The van der Waals surface area contributed by atoms with Crippen LogP contribution in [0.5, 0.6) is 0 Å². The second kappa shape index (κ2) is 6.56. The van der Waals surface area contributed by atoms with Crippen molar-refractivity contribution in [2.75, 3.05) is 11.4 Å². The Balaban J connectivity index is 1.88. The standard InChI is InChI=1S/C23H21NO/c25-22-23(19-11-4-1-5-12-19,20-13-6-2-7-14-20)17-10-18-24(22)21-15-8-3-9-16-21/h1-9,11-16H,10,17-18H2. The van der Waals surface area contributed by atoms with E-state index in [2.05, 4.69) is 24.3 Å². The zero-order valence-electron chi connectivity index (χ0n) is 14.1. The molecule has 1 aliphatic heterocycles. The quantitative estimate of drug-likeness (QED) is 0.676. The van der Waals surface area contributed by atoms with Crippen LogP contribution < -0.4 is 4.90 Å². The number of anilines is 1. The molecule has 0 N–H and O–H groups in total. The van der Waals surface area contributed by atoms with Crippen LogP contribution in [0.3, 0.4) is 0 Å². The van der Waals surface area contributed by atoms with Crippen molar-refractivity contribution in [3.8, 4) is 0 Å². The number of para-hydroxylation sites is 1. The number of carbonyl (C=O) groups excluding carboxylic acids is 1. The average Bonchev–Trinajstić information content (AvgIpc) is 2.70. The van der Waals surface area contributed by atoms with E-state index in [1.54, 1.807) is 0 Å². The Morgan fingerprint density at radius 1 is 0.680 bits per heavy atom. The van der Waals surface area contributed by atoms with Gasteiger partial charge in [0.1, 0.15) is 0 Å². The number of rotatable bonds is 3. The molecule has 1 heterocycles. The molecule has 0 saturated carbocycles. The van der Waals surface area contributed by atoms with Crippen molar-refractivity contribution in [3.05, 3.63) is 102 Å². The van der Waals surface area contributed by atoms with Crippen LogP contribution in [0.15, 0.2) is 91.0 Å². The summed E-state index contributed by atoms with van der Waals surface area (Å²) >= 11 is 0. The Kier molecular flexibility index (Phi) is 4.10. The number of benzene rings is 3. The maximum absolute atomic E-state index is 13.8. The zero-order chi connectivity index (χ0) is 17.1. The van der Waals surface area contributed by atoms with Crippen molar-refractivity contribution < 1.29 is 4.79 Å². The Labute approximate surface area is 148 Å².